The molecule has 0 bridgehead atoms. The van der Waals surface area contributed by atoms with Crippen molar-refractivity contribution in [3.05, 3.63) is 59.5 Å². The van der Waals surface area contributed by atoms with Crippen molar-refractivity contribution in [1.82, 2.24) is 25.3 Å². The summed E-state index contributed by atoms with van der Waals surface area (Å²) in [6.45, 7) is 8.44. The van der Waals surface area contributed by atoms with Gasteiger partial charge in [0.1, 0.15) is 0 Å². The van der Waals surface area contributed by atoms with Gasteiger partial charge in [-0.2, -0.15) is 4.98 Å². The summed E-state index contributed by atoms with van der Waals surface area (Å²) in [5.41, 5.74) is 3.29. The quantitative estimate of drug-likeness (QED) is 0.396. The maximum Gasteiger partial charge on any atom is 0.241 e. The van der Waals surface area contributed by atoms with Gasteiger partial charge < -0.3 is 19.3 Å². The van der Waals surface area contributed by atoms with Crippen LogP contribution in [0.3, 0.4) is 0 Å². The van der Waals surface area contributed by atoms with Gasteiger partial charge in [0.05, 0.1) is 20.8 Å². The summed E-state index contributed by atoms with van der Waals surface area (Å²) in [6, 6.07) is 14.2. The normalized spacial score (nSPS) is 18.9. The highest BCUT2D eigenvalue weighted by molar-refractivity contribution is 5.78. The van der Waals surface area contributed by atoms with Crippen molar-refractivity contribution >= 4 is 5.91 Å². The van der Waals surface area contributed by atoms with Crippen LogP contribution < -0.4 is 14.8 Å². The minimum Gasteiger partial charge on any atom is -0.493 e. The minimum absolute atomic E-state index is 0.0271. The van der Waals surface area contributed by atoms with Crippen molar-refractivity contribution in [2.45, 2.75) is 52.2 Å². The molecule has 9 heteroatoms. The van der Waals surface area contributed by atoms with Crippen molar-refractivity contribution in [3.8, 4) is 22.9 Å². The van der Waals surface area contributed by atoms with Crippen molar-refractivity contribution in [1.29, 1.82) is 0 Å². The maximum atomic E-state index is 12.9. The van der Waals surface area contributed by atoms with E-state index in [1.165, 1.54) is 31.5 Å². The fourth-order valence-electron chi connectivity index (χ4n) is 5.82. The van der Waals surface area contributed by atoms with Crippen LogP contribution in [0.25, 0.3) is 11.4 Å². The highest BCUT2D eigenvalue weighted by Gasteiger charge is 2.26. The topological polar surface area (TPSA) is 93.0 Å². The summed E-state index contributed by atoms with van der Waals surface area (Å²) in [4.78, 5) is 22.3. The van der Waals surface area contributed by atoms with E-state index in [1.54, 1.807) is 14.2 Å². The molecule has 1 aromatic heterocycles. The summed E-state index contributed by atoms with van der Waals surface area (Å²) in [5.74, 6) is 3.29. The zero-order chi connectivity index (χ0) is 27.9. The first-order valence-corrected chi connectivity index (χ1v) is 14.4. The Morgan fingerprint density at radius 2 is 1.77 bits per heavy atom. The number of methoxy groups -OCH3 is 2. The smallest absolute Gasteiger partial charge is 0.241 e. The molecule has 1 N–H and O–H groups in total. The summed E-state index contributed by atoms with van der Waals surface area (Å²) in [5, 5.41) is 7.32. The summed E-state index contributed by atoms with van der Waals surface area (Å²) < 4.78 is 16.2. The van der Waals surface area contributed by atoms with E-state index >= 15 is 0 Å². The minimum atomic E-state index is 0.0271. The molecule has 1 atom stereocenters. The third-order valence-electron chi connectivity index (χ3n) is 8.03. The number of hydrogen-bond acceptors (Lipinski definition) is 8. The molecule has 0 saturated carbocycles. The first-order valence-electron chi connectivity index (χ1n) is 14.4. The second-order valence-electron chi connectivity index (χ2n) is 11.2. The Bertz CT molecular complexity index is 1270. The van der Waals surface area contributed by atoms with Gasteiger partial charge in [-0.1, -0.05) is 36.3 Å². The first-order chi connectivity index (χ1) is 19.5. The molecule has 2 fully saturated rings. The van der Waals surface area contributed by atoms with Crippen LogP contribution in [-0.4, -0.2) is 66.2 Å². The van der Waals surface area contributed by atoms with Gasteiger partial charge in [0, 0.05) is 31.1 Å². The fourth-order valence-corrected chi connectivity index (χ4v) is 5.82. The molecular weight excluding hydrogens is 506 g/mol. The van der Waals surface area contributed by atoms with E-state index < -0.39 is 0 Å². The lowest BCUT2D eigenvalue weighted by Crippen LogP contribution is -2.40. The van der Waals surface area contributed by atoms with Gasteiger partial charge in [0.25, 0.3) is 0 Å². The molecule has 40 heavy (non-hydrogen) atoms. The van der Waals surface area contributed by atoms with E-state index in [0.717, 1.165) is 49.5 Å². The van der Waals surface area contributed by atoms with E-state index in [2.05, 4.69) is 56.4 Å². The molecule has 3 heterocycles. The second kappa shape index (κ2) is 13.3. The molecule has 2 aromatic carbocycles. The molecule has 0 aliphatic carbocycles. The number of nitrogens with zero attached hydrogens (tertiary/aromatic N) is 4. The maximum absolute atomic E-state index is 12.9. The number of nitrogens with one attached hydrogen (secondary N) is 1. The van der Waals surface area contributed by atoms with Crippen molar-refractivity contribution < 1.29 is 18.8 Å². The number of aromatic nitrogens is 2. The number of amides is 1. The molecule has 1 amide bonds. The lowest BCUT2D eigenvalue weighted by molar-refractivity contribution is -0.126. The first kappa shape index (κ1) is 28.1. The predicted molar refractivity (Wildman–Crippen MR) is 153 cm³/mol. The van der Waals surface area contributed by atoms with Crippen LogP contribution >= 0.6 is 0 Å². The van der Waals surface area contributed by atoms with Gasteiger partial charge in [0.2, 0.25) is 17.6 Å². The SMILES string of the molecule is COc1ccc(-c2noc(CN3CCC(C(=O)NCc4cccc(CN5CCCC(C)C5)c4)CC3)n2)cc1OC. The van der Waals surface area contributed by atoms with Gasteiger partial charge in [-0.25, -0.2) is 0 Å². The number of carbonyl (C=O) groups is 1. The Hall–Kier alpha value is -3.43. The van der Waals surface area contributed by atoms with Crippen molar-refractivity contribution in [2.24, 2.45) is 11.8 Å². The van der Waals surface area contributed by atoms with E-state index in [4.69, 9.17) is 14.0 Å². The van der Waals surface area contributed by atoms with Crippen LogP contribution in [0.5, 0.6) is 11.5 Å². The summed E-state index contributed by atoms with van der Waals surface area (Å²) in [6.07, 6.45) is 4.25. The molecule has 2 aliphatic rings. The van der Waals surface area contributed by atoms with Crippen LogP contribution in [0.2, 0.25) is 0 Å². The third-order valence-corrected chi connectivity index (χ3v) is 8.03. The molecule has 214 valence electrons. The second-order valence-corrected chi connectivity index (χ2v) is 11.2. The van der Waals surface area contributed by atoms with Crippen molar-refractivity contribution in [2.75, 3.05) is 40.4 Å². The summed E-state index contributed by atoms with van der Waals surface area (Å²) >= 11 is 0. The van der Waals surface area contributed by atoms with E-state index in [-0.39, 0.29) is 11.8 Å². The molecule has 5 rings (SSSR count). The summed E-state index contributed by atoms with van der Waals surface area (Å²) in [7, 11) is 3.20. The molecule has 2 aliphatic heterocycles. The fraction of sp³-hybridized carbons (Fsp3) is 0.516. The number of carbonyl (C=O) groups excluding carboxylic acids is 1. The van der Waals surface area contributed by atoms with Gasteiger partial charge >= 0.3 is 0 Å². The van der Waals surface area contributed by atoms with Crippen LogP contribution in [0, 0.1) is 11.8 Å². The Kier molecular flexibility index (Phi) is 9.34. The number of ether oxygens (including phenoxy) is 2. The van der Waals surface area contributed by atoms with Gasteiger partial charge in [-0.3, -0.25) is 14.6 Å². The average molecular weight is 548 g/mol. The monoisotopic (exact) mass is 547 g/mol. The van der Waals surface area contributed by atoms with Crippen LogP contribution in [0.1, 0.15) is 49.6 Å². The Morgan fingerprint density at radius 1 is 0.975 bits per heavy atom. The molecule has 1 unspecified atom stereocenters. The van der Waals surface area contributed by atoms with Crippen LogP contribution in [0.4, 0.5) is 0 Å². The Morgan fingerprint density at radius 3 is 2.55 bits per heavy atom. The zero-order valence-corrected chi connectivity index (χ0v) is 23.9. The number of rotatable bonds is 10. The Balaban J connectivity index is 1.07. The standard InChI is InChI=1S/C31H41N5O4/c1-22-6-5-13-36(19-22)20-24-8-4-7-23(16-24)18-32-31(37)25-11-14-35(15-12-25)21-29-33-30(34-40-29)26-9-10-27(38-2)28(17-26)39-3/h4,7-10,16-17,22,25H,5-6,11-15,18-21H2,1-3H3,(H,32,37). The van der Waals surface area contributed by atoms with Crippen LogP contribution in [0.15, 0.2) is 47.0 Å². The number of benzene rings is 2. The average Bonchev–Trinajstić information content (AvgIpc) is 3.44. The number of piperidine rings is 2. The van der Waals surface area contributed by atoms with Crippen LogP contribution in [-0.2, 0) is 24.4 Å². The molecule has 9 nitrogen and oxygen atoms in total. The predicted octanol–water partition coefficient (Wildman–Crippen LogP) is 4.51. The number of hydrogen-bond donors (Lipinski definition) is 1. The van der Waals surface area contributed by atoms with Gasteiger partial charge in [0.15, 0.2) is 11.5 Å². The third kappa shape index (κ3) is 7.20. The van der Waals surface area contributed by atoms with Gasteiger partial charge in [-0.15, -0.1) is 0 Å². The van der Waals surface area contributed by atoms with E-state index in [1.807, 2.05) is 18.2 Å². The highest BCUT2D eigenvalue weighted by Crippen LogP contribution is 2.31. The molecule has 0 radical (unpaired) electrons. The molecular formula is C31H41N5O4. The zero-order valence-electron chi connectivity index (χ0n) is 23.9. The number of likely N-dealkylation sites (tertiary alicyclic amines) is 2. The lowest BCUT2D eigenvalue weighted by atomic mass is 9.95. The van der Waals surface area contributed by atoms with Gasteiger partial charge in [-0.05, 0) is 80.6 Å². The highest BCUT2D eigenvalue weighted by atomic mass is 16.5. The Labute approximate surface area is 236 Å². The largest absolute Gasteiger partial charge is 0.493 e. The van der Waals surface area contributed by atoms with E-state index in [0.29, 0.717) is 36.3 Å². The van der Waals surface area contributed by atoms with E-state index in [9.17, 15) is 4.79 Å². The molecule has 3 aromatic rings. The molecule has 0 spiro atoms. The molecule has 2 saturated heterocycles. The van der Waals surface area contributed by atoms with Crippen molar-refractivity contribution in [3.63, 3.8) is 0 Å². The lowest BCUT2D eigenvalue weighted by Gasteiger charge is -2.31.